The molecule has 0 aliphatic rings. The Kier molecular flexibility index (Phi) is 4.44. The van der Waals surface area contributed by atoms with Gasteiger partial charge in [0.25, 0.3) is 0 Å². The topological polar surface area (TPSA) is 12.0 Å². The number of benzene rings is 1. The second-order valence-corrected chi connectivity index (χ2v) is 3.59. The first-order chi connectivity index (χ1) is 6.74. The van der Waals surface area contributed by atoms with Crippen LogP contribution >= 0.6 is 0 Å². The molecule has 0 aromatic heterocycles. The number of halogens is 1. The smallest absolute Gasteiger partial charge is 0.123 e. The van der Waals surface area contributed by atoms with Gasteiger partial charge in [-0.15, -0.1) is 0 Å². The van der Waals surface area contributed by atoms with Gasteiger partial charge in [0.1, 0.15) is 5.82 Å². The van der Waals surface area contributed by atoms with E-state index in [9.17, 15) is 4.39 Å². The molecule has 0 aliphatic carbocycles. The van der Waals surface area contributed by atoms with Crippen LogP contribution in [0, 0.1) is 12.7 Å². The average Bonchev–Trinajstić information content (AvgIpc) is 2.15. The van der Waals surface area contributed by atoms with E-state index in [4.69, 9.17) is 0 Å². The molecule has 0 heterocycles. The van der Waals surface area contributed by atoms with Gasteiger partial charge in [0, 0.05) is 12.2 Å². The number of aryl methyl sites for hydroxylation is 1. The molecule has 1 aromatic carbocycles. The summed E-state index contributed by atoms with van der Waals surface area (Å²) in [6.07, 6.45) is 3.64. The number of nitrogens with one attached hydrogen (secondary N) is 1. The lowest BCUT2D eigenvalue weighted by molar-refractivity contribution is 0.626. The van der Waals surface area contributed by atoms with Gasteiger partial charge in [0.15, 0.2) is 0 Å². The molecule has 1 N–H and O–H groups in total. The summed E-state index contributed by atoms with van der Waals surface area (Å²) in [5.74, 6) is -0.165. The molecule has 1 rings (SSSR count). The van der Waals surface area contributed by atoms with Crippen LogP contribution in [0.4, 0.5) is 10.1 Å². The third-order valence-corrected chi connectivity index (χ3v) is 2.28. The largest absolute Gasteiger partial charge is 0.385 e. The lowest BCUT2D eigenvalue weighted by atomic mass is 10.2. The highest BCUT2D eigenvalue weighted by Gasteiger charge is 1.98. The van der Waals surface area contributed by atoms with Crippen molar-refractivity contribution in [3.05, 3.63) is 29.6 Å². The highest BCUT2D eigenvalue weighted by molar-refractivity contribution is 5.50. The molecule has 0 saturated heterocycles. The maximum absolute atomic E-state index is 12.8. The minimum atomic E-state index is -0.165. The summed E-state index contributed by atoms with van der Waals surface area (Å²) in [6.45, 7) is 5.08. The SMILES string of the molecule is CCCCCNc1ccc(F)cc1C. The van der Waals surface area contributed by atoms with Gasteiger partial charge >= 0.3 is 0 Å². The highest BCUT2D eigenvalue weighted by Crippen LogP contribution is 2.15. The molecule has 0 spiro atoms. The molecular weight excluding hydrogens is 177 g/mol. The summed E-state index contributed by atoms with van der Waals surface area (Å²) < 4.78 is 12.8. The van der Waals surface area contributed by atoms with E-state index in [1.165, 1.54) is 25.3 Å². The van der Waals surface area contributed by atoms with Gasteiger partial charge in [-0.1, -0.05) is 19.8 Å². The van der Waals surface area contributed by atoms with E-state index in [-0.39, 0.29) is 5.82 Å². The molecule has 1 aromatic rings. The van der Waals surface area contributed by atoms with Gasteiger partial charge in [-0.05, 0) is 37.1 Å². The molecular formula is C12H18FN. The van der Waals surface area contributed by atoms with E-state index in [1.807, 2.05) is 6.92 Å². The fraction of sp³-hybridized carbons (Fsp3) is 0.500. The van der Waals surface area contributed by atoms with Crippen molar-refractivity contribution in [2.75, 3.05) is 11.9 Å². The first-order valence-corrected chi connectivity index (χ1v) is 5.24. The third kappa shape index (κ3) is 3.36. The minimum Gasteiger partial charge on any atom is -0.385 e. The Morgan fingerprint density at radius 3 is 2.71 bits per heavy atom. The van der Waals surface area contributed by atoms with E-state index in [2.05, 4.69) is 12.2 Å². The highest BCUT2D eigenvalue weighted by atomic mass is 19.1. The van der Waals surface area contributed by atoms with Crippen LogP contribution < -0.4 is 5.32 Å². The van der Waals surface area contributed by atoms with Gasteiger partial charge in [-0.3, -0.25) is 0 Å². The van der Waals surface area contributed by atoms with Crippen LogP contribution in [0.5, 0.6) is 0 Å². The molecule has 0 bridgehead atoms. The van der Waals surface area contributed by atoms with Crippen LogP contribution in [0.3, 0.4) is 0 Å². The van der Waals surface area contributed by atoms with Crippen molar-refractivity contribution in [1.29, 1.82) is 0 Å². The summed E-state index contributed by atoms with van der Waals surface area (Å²) in [5.41, 5.74) is 2.02. The van der Waals surface area contributed by atoms with Gasteiger partial charge in [-0.2, -0.15) is 0 Å². The zero-order valence-corrected chi connectivity index (χ0v) is 8.94. The molecule has 0 amide bonds. The summed E-state index contributed by atoms with van der Waals surface area (Å²) in [6, 6.07) is 4.86. The van der Waals surface area contributed by atoms with Crippen LogP contribution in [0.1, 0.15) is 31.7 Å². The van der Waals surface area contributed by atoms with Crippen molar-refractivity contribution in [3.63, 3.8) is 0 Å². The monoisotopic (exact) mass is 195 g/mol. The van der Waals surface area contributed by atoms with Crippen LogP contribution in [0.2, 0.25) is 0 Å². The Balaban J connectivity index is 2.42. The molecule has 0 radical (unpaired) electrons. The van der Waals surface area contributed by atoms with E-state index in [0.29, 0.717) is 0 Å². The average molecular weight is 195 g/mol. The van der Waals surface area contributed by atoms with Crippen molar-refractivity contribution >= 4 is 5.69 Å². The predicted octanol–water partition coefficient (Wildman–Crippen LogP) is 3.74. The van der Waals surface area contributed by atoms with E-state index in [0.717, 1.165) is 17.8 Å². The van der Waals surface area contributed by atoms with Crippen molar-refractivity contribution in [1.82, 2.24) is 0 Å². The number of unbranched alkanes of at least 4 members (excludes halogenated alkanes) is 2. The predicted molar refractivity (Wildman–Crippen MR) is 59.2 cm³/mol. The van der Waals surface area contributed by atoms with Crippen molar-refractivity contribution in [2.45, 2.75) is 33.1 Å². The van der Waals surface area contributed by atoms with Crippen LogP contribution in [-0.4, -0.2) is 6.54 Å². The van der Waals surface area contributed by atoms with Crippen molar-refractivity contribution < 1.29 is 4.39 Å². The van der Waals surface area contributed by atoms with Crippen molar-refractivity contribution in [2.24, 2.45) is 0 Å². The van der Waals surface area contributed by atoms with Crippen LogP contribution in [0.15, 0.2) is 18.2 Å². The quantitative estimate of drug-likeness (QED) is 0.706. The molecule has 0 unspecified atom stereocenters. The molecule has 14 heavy (non-hydrogen) atoms. The Labute approximate surface area is 85.3 Å². The number of anilines is 1. The van der Waals surface area contributed by atoms with Gasteiger partial charge in [-0.25, -0.2) is 4.39 Å². The molecule has 0 atom stereocenters. The van der Waals surface area contributed by atoms with Crippen LogP contribution in [0.25, 0.3) is 0 Å². The lowest BCUT2D eigenvalue weighted by Crippen LogP contribution is -2.02. The molecule has 0 aliphatic heterocycles. The lowest BCUT2D eigenvalue weighted by Gasteiger charge is -2.08. The molecule has 1 nitrogen and oxygen atoms in total. The Hall–Kier alpha value is -1.05. The first-order valence-electron chi connectivity index (χ1n) is 5.24. The fourth-order valence-corrected chi connectivity index (χ4v) is 1.42. The Morgan fingerprint density at radius 1 is 1.29 bits per heavy atom. The van der Waals surface area contributed by atoms with Gasteiger partial charge in [0.2, 0.25) is 0 Å². The van der Waals surface area contributed by atoms with Crippen LogP contribution in [-0.2, 0) is 0 Å². The minimum absolute atomic E-state index is 0.165. The second-order valence-electron chi connectivity index (χ2n) is 3.59. The van der Waals surface area contributed by atoms with E-state index >= 15 is 0 Å². The maximum Gasteiger partial charge on any atom is 0.123 e. The second kappa shape index (κ2) is 5.63. The summed E-state index contributed by atoms with van der Waals surface area (Å²) in [5, 5.41) is 3.31. The van der Waals surface area contributed by atoms with E-state index in [1.54, 1.807) is 12.1 Å². The summed E-state index contributed by atoms with van der Waals surface area (Å²) in [4.78, 5) is 0. The Bertz CT molecular complexity index is 284. The summed E-state index contributed by atoms with van der Waals surface area (Å²) >= 11 is 0. The fourth-order valence-electron chi connectivity index (χ4n) is 1.42. The number of hydrogen-bond acceptors (Lipinski definition) is 1. The molecule has 2 heteroatoms. The normalized spacial score (nSPS) is 10.2. The van der Waals surface area contributed by atoms with Gasteiger partial charge < -0.3 is 5.32 Å². The summed E-state index contributed by atoms with van der Waals surface area (Å²) in [7, 11) is 0. The van der Waals surface area contributed by atoms with Crippen molar-refractivity contribution in [3.8, 4) is 0 Å². The number of rotatable bonds is 5. The number of hydrogen-bond donors (Lipinski definition) is 1. The molecule has 0 saturated carbocycles. The maximum atomic E-state index is 12.8. The molecule has 0 fully saturated rings. The zero-order chi connectivity index (χ0) is 10.4. The Morgan fingerprint density at radius 2 is 2.07 bits per heavy atom. The third-order valence-electron chi connectivity index (χ3n) is 2.28. The zero-order valence-electron chi connectivity index (χ0n) is 8.94. The van der Waals surface area contributed by atoms with Gasteiger partial charge in [0.05, 0.1) is 0 Å². The first kappa shape index (κ1) is 11.0. The standard InChI is InChI=1S/C12H18FN/c1-3-4-5-8-14-12-7-6-11(13)9-10(12)2/h6-7,9,14H,3-5,8H2,1-2H3. The van der Waals surface area contributed by atoms with E-state index < -0.39 is 0 Å². The molecule has 78 valence electrons.